The van der Waals surface area contributed by atoms with E-state index in [0.717, 1.165) is 25.9 Å². The number of carbonyl (C=O) groups is 1. The molecule has 2 rings (SSSR count). The molecule has 0 atom stereocenters. The molecule has 0 unspecified atom stereocenters. The highest BCUT2D eigenvalue weighted by atomic mass is 16.7. The zero-order valence-electron chi connectivity index (χ0n) is 11.0. The van der Waals surface area contributed by atoms with E-state index in [4.69, 9.17) is 4.84 Å². The van der Waals surface area contributed by atoms with Gasteiger partial charge in [0, 0.05) is 31.7 Å². The monoisotopic (exact) mass is 248 g/mol. The molecule has 0 aliphatic carbocycles. The Morgan fingerprint density at radius 1 is 1.28 bits per heavy atom. The van der Waals surface area contributed by atoms with Crippen molar-refractivity contribution in [2.75, 3.05) is 32.1 Å². The molecule has 1 aliphatic rings. The third kappa shape index (κ3) is 2.82. The summed E-state index contributed by atoms with van der Waals surface area (Å²) in [5.74, 6) is 0.181. The predicted molar refractivity (Wildman–Crippen MR) is 71.2 cm³/mol. The fraction of sp³-hybridized carbons (Fsp3) is 0.500. The van der Waals surface area contributed by atoms with Crippen LogP contribution in [0.15, 0.2) is 30.3 Å². The number of piperidine rings is 1. The number of hydroxylamine groups is 2. The molecule has 18 heavy (non-hydrogen) atoms. The quantitative estimate of drug-likeness (QED) is 0.766. The number of anilines is 1. The van der Waals surface area contributed by atoms with Gasteiger partial charge in [0.2, 0.25) is 5.91 Å². The molecule has 1 heterocycles. The minimum Gasteiger partial charge on any atom is -0.371 e. The first kappa shape index (κ1) is 12.9. The average Bonchev–Trinajstić information content (AvgIpc) is 2.47. The van der Waals surface area contributed by atoms with E-state index in [0.29, 0.717) is 0 Å². The Morgan fingerprint density at radius 3 is 2.44 bits per heavy atom. The second-order valence-electron chi connectivity index (χ2n) is 4.62. The first-order valence-electron chi connectivity index (χ1n) is 6.34. The molecule has 1 aliphatic heterocycles. The lowest BCUT2D eigenvalue weighted by Crippen LogP contribution is -2.40. The number of amides is 1. The van der Waals surface area contributed by atoms with Crippen LogP contribution in [0.3, 0.4) is 0 Å². The Balaban J connectivity index is 1.90. The van der Waals surface area contributed by atoms with E-state index in [1.807, 2.05) is 18.2 Å². The maximum atomic E-state index is 12.0. The molecule has 0 spiro atoms. The highest BCUT2D eigenvalue weighted by Crippen LogP contribution is 2.24. The Labute approximate surface area is 108 Å². The van der Waals surface area contributed by atoms with Crippen molar-refractivity contribution in [3.63, 3.8) is 0 Å². The van der Waals surface area contributed by atoms with Gasteiger partial charge in [0.15, 0.2) is 0 Å². The summed E-state index contributed by atoms with van der Waals surface area (Å²) in [7, 11) is 3.20. The van der Waals surface area contributed by atoms with Gasteiger partial charge in [-0.2, -0.15) is 0 Å². The first-order chi connectivity index (χ1) is 8.72. The number of nitrogens with zero attached hydrogens (tertiary/aromatic N) is 2. The van der Waals surface area contributed by atoms with Gasteiger partial charge in [-0.05, 0) is 25.0 Å². The summed E-state index contributed by atoms with van der Waals surface area (Å²) in [6.45, 7) is 1.86. The summed E-state index contributed by atoms with van der Waals surface area (Å²) in [5.41, 5.74) is 1.24. The molecular formula is C14H20N2O2. The van der Waals surface area contributed by atoms with Crippen LogP contribution < -0.4 is 4.90 Å². The van der Waals surface area contributed by atoms with Crippen molar-refractivity contribution in [1.82, 2.24) is 5.06 Å². The van der Waals surface area contributed by atoms with Crippen molar-refractivity contribution in [2.45, 2.75) is 12.8 Å². The third-order valence-corrected chi connectivity index (χ3v) is 3.55. The van der Waals surface area contributed by atoms with Gasteiger partial charge in [0.05, 0.1) is 7.11 Å². The maximum Gasteiger partial charge on any atom is 0.249 e. The standard InChI is InChI=1S/C14H20N2O2/c1-15(18-2)14(17)12-8-10-16(11-9-12)13-6-4-3-5-7-13/h3-7,12H,8-11H2,1-2H3. The Morgan fingerprint density at radius 2 is 1.89 bits per heavy atom. The van der Waals surface area contributed by atoms with Crippen LogP contribution in [0.1, 0.15) is 12.8 Å². The molecule has 0 saturated carbocycles. The van der Waals surface area contributed by atoms with E-state index < -0.39 is 0 Å². The van der Waals surface area contributed by atoms with Crippen LogP contribution in [0.4, 0.5) is 5.69 Å². The van der Waals surface area contributed by atoms with E-state index in [-0.39, 0.29) is 11.8 Å². The van der Waals surface area contributed by atoms with Crippen molar-refractivity contribution in [2.24, 2.45) is 5.92 Å². The van der Waals surface area contributed by atoms with Gasteiger partial charge in [0.25, 0.3) is 0 Å². The van der Waals surface area contributed by atoms with Gasteiger partial charge >= 0.3 is 0 Å². The molecule has 1 aromatic carbocycles. The van der Waals surface area contributed by atoms with Crippen LogP contribution in [-0.4, -0.2) is 38.2 Å². The third-order valence-electron chi connectivity index (χ3n) is 3.55. The molecule has 1 amide bonds. The Kier molecular flexibility index (Phi) is 4.20. The first-order valence-corrected chi connectivity index (χ1v) is 6.34. The molecule has 4 nitrogen and oxygen atoms in total. The molecule has 4 heteroatoms. The number of hydrogen-bond acceptors (Lipinski definition) is 3. The lowest BCUT2D eigenvalue weighted by molar-refractivity contribution is -0.174. The van der Waals surface area contributed by atoms with Crippen molar-refractivity contribution >= 4 is 11.6 Å². The van der Waals surface area contributed by atoms with Gasteiger partial charge in [-0.25, -0.2) is 5.06 Å². The average molecular weight is 248 g/mol. The summed E-state index contributed by atoms with van der Waals surface area (Å²) in [6, 6.07) is 10.3. The second-order valence-corrected chi connectivity index (χ2v) is 4.62. The van der Waals surface area contributed by atoms with Gasteiger partial charge < -0.3 is 4.90 Å². The normalized spacial score (nSPS) is 16.7. The molecule has 98 valence electrons. The number of hydrogen-bond donors (Lipinski definition) is 0. The van der Waals surface area contributed by atoms with E-state index >= 15 is 0 Å². The van der Waals surface area contributed by atoms with E-state index in [9.17, 15) is 4.79 Å². The molecular weight excluding hydrogens is 228 g/mol. The summed E-state index contributed by atoms with van der Waals surface area (Å²) in [5, 5.41) is 1.34. The molecule has 0 radical (unpaired) electrons. The van der Waals surface area contributed by atoms with E-state index in [1.165, 1.54) is 17.9 Å². The SMILES string of the molecule is CON(C)C(=O)C1CCN(c2ccccc2)CC1. The molecule has 0 N–H and O–H groups in total. The van der Waals surface area contributed by atoms with Gasteiger partial charge in [-0.15, -0.1) is 0 Å². The van der Waals surface area contributed by atoms with Crippen molar-refractivity contribution in [3.05, 3.63) is 30.3 Å². The minimum atomic E-state index is 0.0882. The lowest BCUT2D eigenvalue weighted by Gasteiger charge is -2.34. The molecule has 1 aromatic rings. The number of carbonyl (C=O) groups excluding carboxylic acids is 1. The zero-order chi connectivity index (χ0) is 13.0. The summed E-state index contributed by atoms with van der Waals surface area (Å²) in [6.07, 6.45) is 1.78. The van der Waals surface area contributed by atoms with Gasteiger partial charge in [0.1, 0.15) is 0 Å². The fourth-order valence-electron chi connectivity index (χ4n) is 2.37. The molecule has 0 aromatic heterocycles. The van der Waals surface area contributed by atoms with Crippen LogP contribution in [-0.2, 0) is 9.63 Å². The minimum absolute atomic E-state index is 0.0882. The van der Waals surface area contributed by atoms with Crippen molar-refractivity contribution in [1.29, 1.82) is 0 Å². The molecule has 1 fully saturated rings. The van der Waals surface area contributed by atoms with Crippen molar-refractivity contribution < 1.29 is 9.63 Å². The van der Waals surface area contributed by atoms with Crippen molar-refractivity contribution in [3.8, 4) is 0 Å². The highest BCUT2D eigenvalue weighted by Gasteiger charge is 2.27. The Hall–Kier alpha value is -1.55. The largest absolute Gasteiger partial charge is 0.371 e. The van der Waals surface area contributed by atoms with Crippen LogP contribution in [0.25, 0.3) is 0 Å². The van der Waals surface area contributed by atoms with Gasteiger partial charge in [-0.1, -0.05) is 18.2 Å². The zero-order valence-corrected chi connectivity index (χ0v) is 11.0. The smallest absolute Gasteiger partial charge is 0.249 e. The number of rotatable bonds is 3. The Bertz CT molecular complexity index is 386. The van der Waals surface area contributed by atoms with Crippen LogP contribution in [0.5, 0.6) is 0 Å². The maximum absolute atomic E-state index is 12.0. The van der Waals surface area contributed by atoms with Crippen LogP contribution in [0.2, 0.25) is 0 Å². The summed E-state index contributed by atoms with van der Waals surface area (Å²) in [4.78, 5) is 19.2. The lowest BCUT2D eigenvalue weighted by atomic mass is 9.95. The molecule has 1 saturated heterocycles. The molecule has 0 bridgehead atoms. The van der Waals surface area contributed by atoms with Gasteiger partial charge in [-0.3, -0.25) is 9.63 Å². The summed E-state index contributed by atoms with van der Waals surface area (Å²) < 4.78 is 0. The fourth-order valence-corrected chi connectivity index (χ4v) is 2.37. The van der Waals surface area contributed by atoms with Crippen LogP contribution in [0, 0.1) is 5.92 Å². The topological polar surface area (TPSA) is 32.8 Å². The second kappa shape index (κ2) is 5.87. The highest BCUT2D eigenvalue weighted by molar-refractivity contribution is 5.77. The predicted octanol–water partition coefficient (Wildman–Crippen LogP) is 1.92. The number of para-hydroxylation sites is 1. The summed E-state index contributed by atoms with van der Waals surface area (Å²) >= 11 is 0. The van der Waals surface area contributed by atoms with Crippen LogP contribution >= 0.6 is 0 Å². The van der Waals surface area contributed by atoms with E-state index in [1.54, 1.807) is 7.05 Å². The number of benzene rings is 1. The van der Waals surface area contributed by atoms with E-state index in [2.05, 4.69) is 17.0 Å².